The van der Waals surface area contributed by atoms with Gasteiger partial charge in [-0.15, -0.1) is 0 Å². The first-order valence-corrected chi connectivity index (χ1v) is 6.56. The molecule has 2 aromatic rings. The van der Waals surface area contributed by atoms with E-state index >= 15 is 0 Å². The molecule has 0 atom stereocenters. The SMILES string of the molecule is COC(=O)c1c(NC(=O)CN(C)C)c2ccccc2n1C. The normalized spacial score (nSPS) is 10.9. The van der Waals surface area contributed by atoms with E-state index in [1.54, 1.807) is 16.5 Å². The molecule has 0 spiro atoms. The summed E-state index contributed by atoms with van der Waals surface area (Å²) < 4.78 is 6.56. The zero-order valence-corrected chi connectivity index (χ0v) is 12.6. The summed E-state index contributed by atoms with van der Waals surface area (Å²) in [5, 5.41) is 3.63. The third-order valence-corrected chi connectivity index (χ3v) is 3.21. The Morgan fingerprint density at radius 3 is 2.57 bits per heavy atom. The highest BCUT2D eigenvalue weighted by atomic mass is 16.5. The Kier molecular flexibility index (Phi) is 4.28. The molecule has 0 aliphatic rings. The maximum atomic E-state index is 12.0. The molecule has 112 valence electrons. The van der Waals surface area contributed by atoms with Crippen LogP contribution in [0.25, 0.3) is 10.9 Å². The van der Waals surface area contributed by atoms with Crippen LogP contribution in [-0.4, -0.2) is 49.1 Å². The van der Waals surface area contributed by atoms with E-state index in [-0.39, 0.29) is 12.5 Å². The fourth-order valence-electron chi connectivity index (χ4n) is 2.32. The Balaban J connectivity index is 2.54. The van der Waals surface area contributed by atoms with Crippen LogP contribution in [0.2, 0.25) is 0 Å². The predicted octanol–water partition coefficient (Wildman–Crippen LogP) is 1.46. The van der Waals surface area contributed by atoms with E-state index in [0.717, 1.165) is 10.9 Å². The van der Waals surface area contributed by atoms with Crippen molar-refractivity contribution in [2.24, 2.45) is 7.05 Å². The second-order valence-corrected chi connectivity index (χ2v) is 5.08. The summed E-state index contributed by atoms with van der Waals surface area (Å²) in [6.07, 6.45) is 0. The van der Waals surface area contributed by atoms with Gasteiger partial charge in [0.2, 0.25) is 5.91 Å². The number of carbonyl (C=O) groups excluding carboxylic acids is 2. The van der Waals surface area contributed by atoms with Crippen LogP contribution in [0, 0.1) is 0 Å². The van der Waals surface area contributed by atoms with Gasteiger partial charge in [-0.3, -0.25) is 4.79 Å². The molecule has 0 aliphatic carbocycles. The van der Waals surface area contributed by atoms with Gasteiger partial charge in [-0.25, -0.2) is 4.79 Å². The number of aryl methyl sites for hydroxylation is 1. The number of amides is 1. The second kappa shape index (κ2) is 5.97. The number of likely N-dealkylation sites (N-methyl/N-ethyl adjacent to an activating group) is 1. The van der Waals surface area contributed by atoms with Crippen LogP contribution in [0.3, 0.4) is 0 Å². The van der Waals surface area contributed by atoms with E-state index in [1.165, 1.54) is 7.11 Å². The molecule has 2 rings (SSSR count). The van der Waals surface area contributed by atoms with Crippen molar-refractivity contribution in [3.8, 4) is 0 Å². The Morgan fingerprint density at radius 2 is 1.95 bits per heavy atom. The molecule has 21 heavy (non-hydrogen) atoms. The Bertz CT molecular complexity index is 689. The highest BCUT2D eigenvalue weighted by Crippen LogP contribution is 2.30. The lowest BCUT2D eigenvalue weighted by Crippen LogP contribution is -2.27. The van der Waals surface area contributed by atoms with Gasteiger partial charge in [0.15, 0.2) is 5.69 Å². The molecule has 1 N–H and O–H groups in total. The van der Waals surface area contributed by atoms with Crippen molar-refractivity contribution in [3.05, 3.63) is 30.0 Å². The first kappa shape index (κ1) is 15.1. The molecule has 1 aromatic heterocycles. The van der Waals surface area contributed by atoms with Crippen molar-refractivity contribution < 1.29 is 14.3 Å². The summed E-state index contributed by atoms with van der Waals surface area (Å²) >= 11 is 0. The summed E-state index contributed by atoms with van der Waals surface area (Å²) in [5.74, 6) is -0.657. The van der Waals surface area contributed by atoms with Gasteiger partial charge in [-0.1, -0.05) is 18.2 Å². The second-order valence-electron chi connectivity index (χ2n) is 5.08. The fourth-order valence-corrected chi connectivity index (χ4v) is 2.32. The topological polar surface area (TPSA) is 63.6 Å². The Hall–Kier alpha value is -2.34. The minimum Gasteiger partial charge on any atom is -0.464 e. The number of fused-ring (bicyclic) bond motifs is 1. The number of methoxy groups -OCH3 is 1. The van der Waals surface area contributed by atoms with E-state index < -0.39 is 5.97 Å². The molecular weight excluding hydrogens is 270 g/mol. The van der Waals surface area contributed by atoms with Gasteiger partial charge in [-0.2, -0.15) is 0 Å². The molecule has 0 fully saturated rings. The lowest BCUT2D eigenvalue weighted by atomic mass is 10.2. The van der Waals surface area contributed by atoms with E-state index in [2.05, 4.69) is 5.32 Å². The lowest BCUT2D eigenvalue weighted by molar-refractivity contribution is -0.116. The van der Waals surface area contributed by atoms with Crippen molar-refractivity contribution in [2.75, 3.05) is 33.1 Å². The van der Waals surface area contributed by atoms with Crippen molar-refractivity contribution in [3.63, 3.8) is 0 Å². The number of benzene rings is 1. The van der Waals surface area contributed by atoms with Crippen molar-refractivity contribution in [1.29, 1.82) is 0 Å². The molecule has 1 aromatic carbocycles. The number of para-hydroxylation sites is 1. The molecule has 1 amide bonds. The van der Waals surface area contributed by atoms with Crippen LogP contribution in [0.5, 0.6) is 0 Å². The fraction of sp³-hybridized carbons (Fsp3) is 0.333. The minimum atomic E-state index is -0.478. The van der Waals surface area contributed by atoms with Gasteiger partial charge in [0, 0.05) is 12.4 Å². The van der Waals surface area contributed by atoms with Crippen LogP contribution in [0.4, 0.5) is 5.69 Å². The summed E-state index contributed by atoms with van der Waals surface area (Å²) in [7, 11) is 6.72. The molecule has 0 aliphatic heterocycles. The van der Waals surface area contributed by atoms with Gasteiger partial charge in [0.25, 0.3) is 0 Å². The molecular formula is C15H19N3O3. The van der Waals surface area contributed by atoms with Gasteiger partial charge < -0.3 is 19.5 Å². The van der Waals surface area contributed by atoms with Gasteiger partial charge in [0.1, 0.15) is 0 Å². The average molecular weight is 289 g/mol. The number of hydrogen-bond acceptors (Lipinski definition) is 4. The van der Waals surface area contributed by atoms with Crippen molar-refractivity contribution >= 4 is 28.5 Å². The molecule has 6 heteroatoms. The average Bonchev–Trinajstić information content (AvgIpc) is 2.71. The van der Waals surface area contributed by atoms with Gasteiger partial charge >= 0.3 is 5.97 Å². The third kappa shape index (κ3) is 2.90. The molecule has 0 saturated heterocycles. The maximum Gasteiger partial charge on any atom is 0.356 e. The lowest BCUT2D eigenvalue weighted by Gasteiger charge is -2.11. The summed E-state index contributed by atoms with van der Waals surface area (Å²) in [6.45, 7) is 0.240. The first-order chi connectivity index (χ1) is 9.95. The molecule has 0 bridgehead atoms. The highest BCUT2D eigenvalue weighted by Gasteiger charge is 2.23. The van der Waals surface area contributed by atoms with E-state index in [1.807, 2.05) is 38.4 Å². The largest absolute Gasteiger partial charge is 0.464 e. The van der Waals surface area contributed by atoms with Crippen LogP contribution in [0.1, 0.15) is 10.5 Å². The van der Waals surface area contributed by atoms with Crippen molar-refractivity contribution in [1.82, 2.24) is 9.47 Å². The number of aromatic nitrogens is 1. The maximum absolute atomic E-state index is 12.0. The van der Waals surface area contributed by atoms with E-state index in [9.17, 15) is 9.59 Å². The monoisotopic (exact) mass is 289 g/mol. The number of anilines is 1. The summed E-state index contributed by atoms with van der Waals surface area (Å²) in [4.78, 5) is 25.8. The number of hydrogen-bond donors (Lipinski definition) is 1. The number of carbonyl (C=O) groups is 2. The molecule has 1 heterocycles. The third-order valence-electron chi connectivity index (χ3n) is 3.21. The smallest absolute Gasteiger partial charge is 0.356 e. The van der Waals surface area contributed by atoms with E-state index in [4.69, 9.17) is 4.74 Å². The quantitative estimate of drug-likeness (QED) is 0.866. The summed E-state index contributed by atoms with van der Waals surface area (Å²) in [6, 6.07) is 7.51. The number of nitrogens with one attached hydrogen (secondary N) is 1. The molecule has 0 saturated carbocycles. The van der Waals surface area contributed by atoms with Crippen LogP contribution < -0.4 is 5.32 Å². The number of nitrogens with zero attached hydrogens (tertiary/aromatic N) is 2. The molecule has 0 unspecified atom stereocenters. The Labute approximate surface area is 123 Å². The first-order valence-electron chi connectivity index (χ1n) is 6.56. The standard InChI is InChI=1S/C15H19N3O3/c1-17(2)9-12(19)16-13-10-7-5-6-8-11(10)18(3)14(13)15(20)21-4/h5-8H,9H2,1-4H3,(H,16,19). The molecule has 0 radical (unpaired) electrons. The van der Waals surface area contributed by atoms with Gasteiger partial charge in [0.05, 0.1) is 24.9 Å². The molecule has 6 nitrogen and oxygen atoms in total. The summed E-state index contributed by atoms with van der Waals surface area (Å²) in [5.41, 5.74) is 1.69. The number of ether oxygens (including phenoxy) is 1. The van der Waals surface area contributed by atoms with Crippen LogP contribution in [0.15, 0.2) is 24.3 Å². The predicted molar refractivity (Wildman–Crippen MR) is 81.4 cm³/mol. The minimum absolute atomic E-state index is 0.179. The number of esters is 1. The number of rotatable bonds is 4. The van der Waals surface area contributed by atoms with Crippen LogP contribution in [-0.2, 0) is 16.6 Å². The van der Waals surface area contributed by atoms with Gasteiger partial charge in [-0.05, 0) is 20.2 Å². The highest BCUT2D eigenvalue weighted by molar-refractivity contribution is 6.11. The van der Waals surface area contributed by atoms with Crippen LogP contribution >= 0.6 is 0 Å². The zero-order chi connectivity index (χ0) is 15.6. The van der Waals surface area contributed by atoms with E-state index in [0.29, 0.717) is 11.4 Å². The van der Waals surface area contributed by atoms with Crippen molar-refractivity contribution in [2.45, 2.75) is 0 Å². The Morgan fingerprint density at radius 1 is 1.29 bits per heavy atom. The zero-order valence-electron chi connectivity index (χ0n) is 12.6.